The van der Waals surface area contributed by atoms with Crippen molar-refractivity contribution >= 4 is 32.8 Å². The zero-order valence-electron chi connectivity index (χ0n) is 13.8. The highest BCUT2D eigenvalue weighted by Gasteiger charge is 2.18. The van der Waals surface area contributed by atoms with E-state index >= 15 is 0 Å². The minimum absolute atomic E-state index is 0.344. The second-order valence-corrected chi connectivity index (χ2v) is 7.07. The van der Waals surface area contributed by atoms with Gasteiger partial charge in [-0.3, -0.25) is 9.47 Å². The van der Waals surface area contributed by atoms with E-state index in [4.69, 9.17) is 4.42 Å². The standard InChI is InChI=1S/C18H19BrN4O2/c19-14-12-16-17(20-13-14)23(18(24)25-16)11-8-21-6-9-22(10-7-21)15-4-2-1-3-5-15/h1-5,12-13H,6-11H2. The molecule has 4 rings (SSSR count). The molecule has 0 bridgehead atoms. The van der Waals surface area contributed by atoms with Gasteiger partial charge in [-0.25, -0.2) is 9.78 Å². The molecule has 2 aromatic heterocycles. The van der Waals surface area contributed by atoms with E-state index in [9.17, 15) is 4.79 Å². The summed E-state index contributed by atoms with van der Waals surface area (Å²) in [6.45, 7) is 5.37. The van der Waals surface area contributed by atoms with E-state index in [2.05, 4.69) is 55.0 Å². The van der Waals surface area contributed by atoms with Crippen LogP contribution in [0.3, 0.4) is 0 Å². The molecule has 6 nitrogen and oxygen atoms in total. The average Bonchev–Trinajstić information content (AvgIpc) is 2.95. The number of hydrogen-bond acceptors (Lipinski definition) is 5. The van der Waals surface area contributed by atoms with Gasteiger partial charge in [0.2, 0.25) is 0 Å². The van der Waals surface area contributed by atoms with Crippen molar-refractivity contribution in [3.8, 4) is 0 Å². The maximum atomic E-state index is 12.1. The third kappa shape index (κ3) is 3.48. The Morgan fingerprint density at radius 2 is 1.84 bits per heavy atom. The Bertz CT molecular complexity index is 914. The van der Waals surface area contributed by atoms with Gasteiger partial charge in [-0.15, -0.1) is 0 Å². The van der Waals surface area contributed by atoms with E-state index in [1.807, 2.05) is 6.07 Å². The van der Waals surface area contributed by atoms with Crippen molar-refractivity contribution in [1.82, 2.24) is 14.5 Å². The third-order valence-corrected chi connectivity index (χ3v) is 5.04. The zero-order chi connectivity index (χ0) is 17.2. The largest absolute Gasteiger partial charge is 0.421 e. The Morgan fingerprint density at radius 1 is 1.08 bits per heavy atom. The van der Waals surface area contributed by atoms with Crippen molar-refractivity contribution in [2.45, 2.75) is 6.54 Å². The Kier molecular flexibility index (Phi) is 4.59. The highest BCUT2D eigenvalue weighted by molar-refractivity contribution is 9.10. The van der Waals surface area contributed by atoms with E-state index in [-0.39, 0.29) is 5.76 Å². The van der Waals surface area contributed by atoms with Crippen LogP contribution in [0, 0.1) is 0 Å². The molecule has 1 saturated heterocycles. The second-order valence-electron chi connectivity index (χ2n) is 6.16. The SMILES string of the molecule is O=c1oc2cc(Br)cnc2n1CCN1CCN(c2ccccc2)CC1. The van der Waals surface area contributed by atoms with Crippen LogP contribution in [0.2, 0.25) is 0 Å². The number of rotatable bonds is 4. The van der Waals surface area contributed by atoms with Gasteiger partial charge in [0.15, 0.2) is 11.2 Å². The minimum atomic E-state index is -0.344. The average molecular weight is 403 g/mol. The fourth-order valence-electron chi connectivity index (χ4n) is 3.23. The first-order chi connectivity index (χ1) is 12.2. The van der Waals surface area contributed by atoms with E-state index in [1.54, 1.807) is 16.8 Å². The van der Waals surface area contributed by atoms with Crippen LogP contribution in [0.25, 0.3) is 11.2 Å². The van der Waals surface area contributed by atoms with Crippen LogP contribution in [0.1, 0.15) is 0 Å². The van der Waals surface area contributed by atoms with Crippen LogP contribution in [-0.2, 0) is 6.54 Å². The van der Waals surface area contributed by atoms with Gasteiger partial charge in [-0.05, 0) is 28.1 Å². The molecule has 0 radical (unpaired) electrons. The van der Waals surface area contributed by atoms with E-state index < -0.39 is 0 Å². The first-order valence-electron chi connectivity index (χ1n) is 8.38. The van der Waals surface area contributed by atoms with E-state index in [0.29, 0.717) is 17.8 Å². The normalized spacial score (nSPS) is 15.8. The predicted octanol–water partition coefficient (Wildman–Crippen LogP) is 2.57. The van der Waals surface area contributed by atoms with Crippen molar-refractivity contribution in [2.24, 2.45) is 0 Å². The lowest BCUT2D eigenvalue weighted by molar-refractivity contribution is 0.246. The molecule has 1 aromatic carbocycles. The van der Waals surface area contributed by atoms with Crippen LogP contribution in [-0.4, -0.2) is 47.2 Å². The lowest BCUT2D eigenvalue weighted by Gasteiger charge is -2.36. The molecular formula is C18H19BrN4O2. The molecule has 0 amide bonds. The first kappa shape index (κ1) is 16.4. The third-order valence-electron chi connectivity index (χ3n) is 4.61. The molecule has 0 atom stereocenters. The molecule has 1 aliphatic heterocycles. The summed E-state index contributed by atoms with van der Waals surface area (Å²) in [6.07, 6.45) is 1.69. The topological polar surface area (TPSA) is 54.5 Å². The number of aromatic nitrogens is 2. The number of anilines is 1. The van der Waals surface area contributed by atoms with Gasteiger partial charge in [0, 0.05) is 61.7 Å². The van der Waals surface area contributed by atoms with Gasteiger partial charge in [-0.2, -0.15) is 0 Å². The van der Waals surface area contributed by atoms with Crippen molar-refractivity contribution in [2.75, 3.05) is 37.6 Å². The summed E-state index contributed by atoms with van der Waals surface area (Å²) in [5.74, 6) is -0.344. The summed E-state index contributed by atoms with van der Waals surface area (Å²) < 4.78 is 7.70. The van der Waals surface area contributed by atoms with E-state index in [0.717, 1.165) is 37.2 Å². The smallest absolute Gasteiger partial charge is 0.406 e. The summed E-state index contributed by atoms with van der Waals surface area (Å²) in [7, 11) is 0. The molecular weight excluding hydrogens is 384 g/mol. The summed E-state index contributed by atoms with van der Waals surface area (Å²) in [6, 6.07) is 12.3. The van der Waals surface area contributed by atoms with Crippen LogP contribution in [0.4, 0.5) is 5.69 Å². The maximum absolute atomic E-state index is 12.1. The van der Waals surface area contributed by atoms with Crippen LogP contribution >= 0.6 is 15.9 Å². The number of pyridine rings is 1. The molecule has 0 spiro atoms. The molecule has 0 aliphatic carbocycles. The van der Waals surface area contributed by atoms with Gasteiger partial charge < -0.3 is 9.32 Å². The Balaban J connectivity index is 1.39. The van der Waals surface area contributed by atoms with Crippen molar-refractivity contribution in [3.63, 3.8) is 0 Å². The van der Waals surface area contributed by atoms with Crippen molar-refractivity contribution < 1.29 is 4.42 Å². The van der Waals surface area contributed by atoms with Gasteiger partial charge in [0.25, 0.3) is 0 Å². The maximum Gasteiger partial charge on any atom is 0.421 e. The number of fused-ring (bicyclic) bond motifs is 1. The summed E-state index contributed by atoms with van der Waals surface area (Å²) in [4.78, 5) is 21.2. The molecule has 7 heteroatoms. The quantitative estimate of drug-likeness (QED) is 0.671. The molecule has 25 heavy (non-hydrogen) atoms. The van der Waals surface area contributed by atoms with E-state index in [1.165, 1.54) is 5.69 Å². The highest BCUT2D eigenvalue weighted by Crippen LogP contribution is 2.17. The first-order valence-corrected chi connectivity index (χ1v) is 9.17. The fourth-order valence-corrected chi connectivity index (χ4v) is 3.54. The fraction of sp³-hybridized carbons (Fsp3) is 0.333. The molecule has 0 saturated carbocycles. The van der Waals surface area contributed by atoms with Gasteiger partial charge in [0.05, 0.1) is 0 Å². The second kappa shape index (κ2) is 7.01. The number of halogens is 1. The predicted molar refractivity (Wildman–Crippen MR) is 101 cm³/mol. The number of para-hydroxylation sites is 1. The number of hydrogen-bond donors (Lipinski definition) is 0. The molecule has 0 unspecified atom stereocenters. The molecule has 1 fully saturated rings. The number of piperazine rings is 1. The number of nitrogens with zero attached hydrogens (tertiary/aromatic N) is 4. The lowest BCUT2D eigenvalue weighted by Crippen LogP contribution is -2.47. The molecule has 3 aromatic rings. The molecule has 130 valence electrons. The lowest BCUT2D eigenvalue weighted by atomic mass is 10.2. The monoisotopic (exact) mass is 402 g/mol. The van der Waals surface area contributed by atoms with Gasteiger partial charge in [-0.1, -0.05) is 18.2 Å². The summed E-state index contributed by atoms with van der Waals surface area (Å²) in [5.41, 5.74) is 2.40. The summed E-state index contributed by atoms with van der Waals surface area (Å²) >= 11 is 3.35. The van der Waals surface area contributed by atoms with Crippen molar-refractivity contribution in [1.29, 1.82) is 0 Å². The Hall–Kier alpha value is -2.12. The molecule has 3 heterocycles. The molecule has 1 aliphatic rings. The highest BCUT2D eigenvalue weighted by atomic mass is 79.9. The van der Waals surface area contributed by atoms with Gasteiger partial charge in [0.1, 0.15) is 0 Å². The zero-order valence-corrected chi connectivity index (χ0v) is 15.4. The van der Waals surface area contributed by atoms with Gasteiger partial charge >= 0.3 is 5.76 Å². The Morgan fingerprint density at radius 3 is 2.60 bits per heavy atom. The van der Waals surface area contributed by atoms with Crippen LogP contribution in [0.5, 0.6) is 0 Å². The summed E-state index contributed by atoms with van der Waals surface area (Å²) in [5, 5.41) is 0. The van der Waals surface area contributed by atoms with Crippen LogP contribution in [0.15, 0.2) is 56.3 Å². The molecule has 0 N–H and O–H groups in total. The Labute approximate surface area is 153 Å². The van der Waals surface area contributed by atoms with Crippen LogP contribution < -0.4 is 10.7 Å². The minimum Gasteiger partial charge on any atom is -0.406 e. The van der Waals surface area contributed by atoms with Crippen molar-refractivity contribution in [3.05, 3.63) is 57.6 Å². The number of benzene rings is 1. The number of oxazole rings is 1.